The molecule has 1 rings (SSSR count). The second-order valence-corrected chi connectivity index (χ2v) is 4.80. The summed E-state index contributed by atoms with van der Waals surface area (Å²) in [6.07, 6.45) is 2.29. The molecule has 0 amide bonds. The lowest BCUT2D eigenvalue weighted by Gasteiger charge is -2.04. The van der Waals surface area contributed by atoms with E-state index in [2.05, 4.69) is 12.1 Å². The van der Waals surface area contributed by atoms with Crippen LogP contribution in [0.2, 0.25) is 0 Å². The SMILES string of the molecule is CCCC(F)=C([SiH3])Cc1ccccc1. The highest BCUT2D eigenvalue weighted by Crippen LogP contribution is 2.14. The van der Waals surface area contributed by atoms with Gasteiger partial charge in [0, 0.05) is 10.2 Å². The van der Waals surface area contributed by atoms with Gasteiger partial charge in [-0.2, -0.15) is 0 Å². The lowest BCUT2D eigenvalue weighted by atomic mass is 10.1. The predicted molar refractivity (Wildman–Crippen MR) is 63.1 cm³/mol. The summed E-state index contributed by atoms with van der Waals surface area (Å²) in [6.45, 7) is 2.01. The lowest BCUT2D eigenvalue weighted by Crippen LogP contribution is -1.93. The summed E-state index contributed by atoms with van der Waals surface area (Å²) in [5, 5.41) is 0.998. The average Bonchev–Trinajstić information content (AvgIpc) is 2.19. The second kappa shape index (κ2) is 5.76. The number of hydrogen-bond donors (Lipinski definition) is 0. The molecule has 0 nitrogen and oxygen atoms in total. The van der Waals surface area contributed by atoms with E-state index in [-0.39, 0.29) is 5.83 Å². The van der Waals surface area contributed by atoms with Gasteiger partial charge in [0.1, 0.15) is 0 Å². The zero-order chi connectivity index (χ0) is 10.4. The van der Waals surface area contributed by atoms with Gasteiger partial charge in [0.05, 0.1) is 5.83 Å². The van der Waals surface area contributed by atoms with E-state index in [4.69, 9.17) is 0 Å². The molecule has 0 saturated heterocycles. The van der Waals surface area contributed by atoms with E-state index in [1.54, 1.807) is 0 Å². The largest absolute Gasteiger partial charge is 0.212 e. The van der Waals surface area contributed by atoms with Crippen LogP contribution in [0, 0.1) is 0 Å². The molecule has 1 aromatic carbocycles. The van der Waals surface area contributed by atoms with Crippen LogP contribution in [0.1, 0.15) is 25.3 Å². The highest BCUT2D eigenvalue weighted by molar-refractivity contribution is 6.22. The molecule has 0 spiro atoms. The van der Waals surface area contributed by atoms with Crippen molar-refractivity contribution in [2.45, 2.75) is 26.2 Å². The molecule has 76 valence electrons. The predicted octanol–water partition coefficient (Wildman–Crippen LogP) is 2.58. The lowest BCUT2D eigenvalue weighted by molar-refractivity contribution is 0.576. The zero-order valence-corrected chi connectivity index (χ0v) is 10.9. The molecule has 0 aliphatic rings. The monoisotopic (exact) mass is 208 g/mol. The van der Waals surface area contributed by atoms with Crippen molar-refractivity contribution in [3.05, 3.63) is 46.9 Å². The topological polar surface area (TPSA) is 0 Å². The van der Waals surface area contributed by atoms with E-state index >= 15 is 0 Å². The first kappa shape index (κ1) is 11.2. The molecule has 0 heterocycles. The van der Waals surface area contributed by atoms with Gasteiger partial charge >= 0.3 is 0 Å². The van der Waals surface area contributed by atoms with Crippen molar-refractivity contribution in [2.24, 2.45) is 0 Å². The second-order valence-electron chi connectivity index (χ2n) is 3.60. The van der Waals surface area contributed by atoms with Crippen LogP contribution in [0.3, 0.4) is 0 Å². The van der Waals surface area contributed by atoms with Crippen molar-refractivity contribution in [1.29, 1.82) is 0 Å². The Morgan fingerprint density at radius 3 is 2.50 bits per heavy atom. The summed E-state index contributed by atoms with van der Waals surface area (Å²) in [6, 6.07) is 10.1. The summed E-state index contributed by atoms with van der Waals surface area (Å²) in [5.41, 5.74) is 1.21. The van der Waals surface area contributed by atoms with Gasteiger partial charge in [-0.1, -0.05) is 42.5 Å². The number of halogens is 1. The fraction of sp³-hybridized carbons (Fsp3) is 0.333. The van der Waals surface area contributed by atoms with E-state index < -0.39 is 0 Å². The highest BCUT2D eigenvalue weighted by Gasteiger charge is 2.01. The maximum Gasteiger partial charge on any atom is 0.0946 e. The molecule has 0 fully saturated rings. The molecule has 1 aromatic rings. The zero-order valence-electron chi connectivity index (χ0n) is 8.89. The van der Waals surface area contributed by atoms with Crippen LogP contribution in [-0.2, 0) is 6.42 Å². The maximum absolute atomic E-state index is 13.4. The Morgan fingerprint density at radius 1 is 1.29 bits per heavy atom. The Bertz CT molecular complexity index is 303. The Kier molecular flexibility index (Phi) is 4.60. The maximum atomic E-state index is 13.4. The van der Waals surface area contributed by atoms with E-state index in [0.717, 1.165) is 28.3 Å². The van der Waals surface area contributed by atoms with Gasteiger partial charge in [0.25, 0.3) is 0 Å². The summed E-state index contributed by atoms with van der Waals surface area (Å²) < 4.78 is 13.4. The Balaban J connectivity index is 2.65. The third-order valence-corrected chi connectivity index (χ3v) is 3.14. The quantitative estimate of drug-likeness (QED) is 0.667. The normalized spacial score (nSPS) is 12.7. The van der Waals surface area contributed by atoms with Crippen LogP contribution in [0.4, 0.5) is 4.39 Å². The molecule has 0 aliphatic heterocycles. The molecule has 0 aromatic heterocycles. The van der Waals surface area contributed by atoms with Gasteiger partial charge in [0.2, 0.25) is 0 Å². The molecule has 0 aliphatic carbocycles. The van der Waals surface area contributed by atoms with E-state index in [9.17, 15) is 4.39 Å². The summed E-state index contributed by atoms with van der Waals surface area (Å²) >= 11 is 0. The molecular weight excluding hydrogens is 191 g/mol. The molecule has 2 heteroatoms. The number of benzene rings is 1. The highest BCUT2D eigenvalue weighted by atomic mass is 28.1. The Morgan fingerprint density at radius 2 is 1.93 bits per heavy atom. The van der Waals surface area contributed by atoms with Crippen molar-refractivity contribution in [1.82, 2.24) is 0 Å². The summed E-state index contributed by atoms with van der Waals surface area (Å²) in [7, 11) is 0.827. The molecule has 0 bridgehead atoms. The molecule has 0 radical (unpaired) electrons. The van der Waals surface area contributed by atoms with Crippen LogP contribution in [-0.4, -0.2) is 10.2 Å². The minimum atomic E-state index is 0.114. The number of allylic oxidation sites excluding steroid dienone is 2. The van der Waals surface area contributed by atoms with E-state index in [1.165, 1.54) is 5.56 Å². The van der Waals surface area contributed by atoms with Crippen LogP contribution in [0.15, 0.2) is 41.4 Å². The van der Waals surface area contributed by atoms with Crippen LogP contribution >= 0.6 is 0 Å². The van der Waals surface area contributed by atoms with Gasteiger partial charge in [-0.15, -0.1) is 0 Å². The third-order valence-electron chi connectivity index (χ3n) is 2.24. The summed E-state index contributed by atoms with van der Waals surface area (Å²) in [4.78, 5) is 0. The fourth-order valence-corrected chi connectivity index (χ4v) is 2.09. The standard InChI is InChI=1S/C12H17FSi/c1-2-6-11(13)12(14)9-10-7-4-3-5-8-10/h3-5,7-8H,2,6,9H2,1,14H3. The van der Waals surface area contributed by atoms with Crippen molar-refractivity contribution < 1.29 is 4.39 Å². The third kappa shape index (κ3) is 3.46. The van der Waals surface area contributed by atoms with Crippen LogP contribution in [0.25, 0.3) is 0 Å². The minimum Gasteiger partial charge on any atom is -0.212 e. The molecule has 0 saturated carbocycles. The molecule has 0 atom stereocenters. The van der Waals surface area contributed by atoms with E-state index in [1.807, 2.05) is 25.1 Å². The van der Waals surface area contributed by atoms with Gasteiger partial charge < -0.3 is 0 Å². The van der Waals surface area contributed by atoms with Crippen molar-refractivity contribution in [3.8, 4) is 0 Å². The van der Waals surface area contributed by atoms with Crippen LogP contribution in [0.5, 0.6) is 0 Å². The molecule has 14 heavy (non-hydrogen) atoms. The van der Waals surface area contributed by atoms with E-state index in [0.29, 0.717) is 6.42 Å². The van der Waals surface area contributed by atoms with Gasteiger partial charge in [0.15, 0.2) is 0 Å². The van der Waals surface area contributed by atoms with Crippen molar-refractivity contribution in [3.63, 3.8) is 0 Å². The van der Waals surface area contributed by atoms with Crippen molar-refractivity contribution in [2.75, 3.05) is 0 Å². The van der Waals surface area contributed by atoms with Gasteiger partial charge in [-0.05, 0) is 24.8 Å². The average molecular weight is 208 g/mol. The minimum absolute atomic E-state index is 0.114. The Hall–Kier alpha value is -0.893. The number of hydrogen-bond acceptors (Lipinski definition) is 0. The fourth-order valence-electron chi connectivity index (χ4n) is 1.43. The number of rotatable bonds is 4. The first-order valence-electron chi connectivity index (χ1n) is 5.12. The smallest absolute Gasteiger partial charge is 0.0946 e. The molecule has 0 unspecified atom stereocenters. The van der Waals surface area contributed by atoms with Gasteiger partial charge in [-0.25, -0.2) is 4.39 Å². The first-order valence-corrected chi connectivity index (χ1v) is 6.12. The molecule has 0 N–H and O–H groups in total. The van der Waals surface area contributed by atoms with Crippen LogP contribution < -0.4 is 0 Å². The van der Waals surface area contributed by atoms with Gasteiger partial charge in [-0.3, -0.25) is 0 Å². The summed E-state index contributed by atoms with van der Waals surface area (Å²) in [5.74, 6) is 0.114. The first-order chi connectivity index (χ1) is 6.74. The van der Waals surface area contributed by atoms with Crippen molar-refractivity contribution >= 4 is 10.2 Å². The molecular formula is C12H17FSi. The Labute approximate surface area is 88.3 Å².